The molecule has 1 aliphatic rings. The van der Waals surface area contributed by atoms with E-state index in [0.29, 0.717) is 11.4 Å². The van der Waals surface area contributed by atoms with Crippen molar-refractivity contribution in [2.24, 2.45) is 0 Å². The number of carbonyl (C=O) groups excluding carboxylic acids is 1. The third-order valence-corrected chi connectivity index (χ3v) is 7.06. The zero-order valence-electron chi connectivity index (χ0n) is 21.5. The molecule has 0 aliphatic heterocycles. The number of benzene rings is 2. The standard InChI is InChI=1S/C29H34N6O2/c1-21-18-34(20-30-21)26-16-15-23(17-27(26)37-2)25-19-35(33-32-25)28(22-11-7-6-8-12-22)29(36)31-24-13-9-4-3-5-10-14-24/h6-8,11-12,15-20,24,28H,3-5,9-10,13-14H2,1-2H3,(H,31,36). The minimum Gasteiger partial charge on any atom is -0.495 e. The molecular formula is C29H34N6O2. The molecule has 1 unspecified atom stereocenters. The van der Waals surface area contributed by atoms with Crippen LogP contribution in [0, 0.1) is 6.92 Å². The molecule has 1 amide bonds. The number of hydrogen-bond donors (Lipinski definition) is 1. The Bertz CT molecular complexity index is 1320. The van der Waals surface area contributed by atoms with Crippen molar-refractivity contribution in [2.45, 2.75) is 64.0 Å². The van der Waals surface area contributed by atoms with Crippen molar-refractivity contribution in [3.8, 4) is 22.7 Å². The SMILES string of the molecule is COc1cc(-c2cn(C(C(=O)NC3CCCCCCC3)c3ccccc3)nn2)ccc1-n1cnc(C)c1. The highest BCUT2D eigenvalue weighted by Crippen LogP contribution is 2.30. The zero-order valence-corrected chi connectivity index (χ0v) is 21.5. The van der Waals surface area contributed by atoms with E-state index in [-0.39, 0.29) is 11.9 Å². The van der Waals surface area contributed by atoms with Crippen molar-refractivity contribution < 1.29 is 9.53 Å². The molecule has 0 saturated heterocycles. The van der Waals surface area contributed by atoms with Crippen LogP contribution in [-0.4, -0.2) is 43.6 Å². The first kappa shape index (κ1) is 24.7. The topological polar surface area (TPSA) is 86.9 Å². The maximum absolute atomic E-state index is 13.6. The number of aryl methyl sites for hydroxylation is 1. The third kappa shape index (κ3) is 5.74. The van der Waals surface area contributed by atoms with Gasteiger partial charge in [0.25, 0.3) is 0 Å². The van der Waals surface area contributed by atoms with Gasteiger partial charge in [0, 0.05) is 17.8 Å². The number of amides is 1. The molecule has 192 valence electrons. The predicted molar refractivity (Wildman–Crippen MR) is 143 cm³/mol. The van der Waals surface area contributed by atoms with Gasteiger partial charge in [0.15, 0.2) is 6.04 Å². The Hall–Kier alpha value is -3.94. The van der Waals surface area contributed by atoms with Gasteiger partial charge in [-0.15, -0.1) is 5.10 Å². The Kier molecular flexibility index (Phi) is 7.63. The number of aromatic nitrogens is 5. The highest BCUT2D eigenvalue weighted by Gasteiger charge is 2.27. The summed E-state index contributed by atoms with van der Waals surface area (Å²) in [7, 11) is 1.65. The van der Waals surface area contributed by atoms with Crippen molar-refractivity contribution in [3.63, 3.8) is 0 Å². The molecule has 5 rings (SSSR count). The van der Waals surface area contributed by atoms with Crippen molar-refractivity contribution in [1.29, 1.82) is 0 Å². The van der Waals surface area contributed by atoms with Crippen LogP contribution in [0.4, 0.5) is 0 Å². The summed E-state index contributed by atoms with van der Waals surface area (Å²) in [6.07, 6.45) is 13.7. The number of imidazole rings is 1. The predicted octanol–water partition coefficient (Wildman–Crippen LogP) is 5.27. The van der Waals surface area contributed by atoms with Crippen molar-refractivity contribution >= 4 is 5.91 Å². The summed E-state index contributed by atoms with van der Waals surface area (Å²) in [5, 5.41) is 12.2. The van der Waals surface area contributed by atoms with E-state index >= 15 is 0 Å². The summed E-state index contributed by atoms with van der Waals surface area (Å²) in [4.78, 5) is 17.9. The second kappa shape index (κ2) is 11.4. The third-order valence-electron chi connectivity index (χ3n) is 7.06. The van der Waals surface area contributed by atoms with Gasteiger partial charge >= 0.3 is 0 Å². The lowest BCUT2D eigenvalue weighted by Gasteiger charge is -2.24. The van der Waals surface area contributed by atoms with E-state index in [9.17, 15) is 4.79 Å². The number of ether oxygens (including phenoxy) is 1. The number of nitrogens with one attached hydrogen (secondary N) is 1. The lowest BCUT2D eigenvalue weighted by Crippen LogP contribution is -2.40. The number of nitrogens with zero attached hydrogens (tertiary/aromatic N) is 5. The quantitative estimate of drug-likeness (QED) is 0.375. The number of rotatable bonds is 7. The summed E-state index contributed by atoms with van der Waals surface area (Å²) in [6.45, 7) is 1.95. The Morgan fingerprint density at radius 2 is 1.78 bits per heavy atom. The first-order valence-corrected chi connectivity index (χ1v) is 13.1. The maximum atomic E-state index is 13.6. The molecule has 4 aromatic rings. The fraction of sp³-hybridized carbons (Fsp3) is 0.379. The van der Waals surface area contributed by atoms with E-state index in [2.05, 4.69) is 20.6 Å². The molecule has 2 heterocycles. The van der Waals surface area contributed by atoms with Gasteiger partial charge in [-0.05, 0) is 37.5 Å². The van der Waals surface area contributed by atoms with Gasteiger partial charge in [-0.2, -0.15) is 0 Å². The molecule has 8 heteroatoms. The van der Waals surface area contributed by atoms with Crippen LogP contribution in [0.3, 0.4) is 0 Å². The lowest BCUT2D eigenvalue weighted by atomic mass is 9.96. The molecule has 1 saturated carbocycles. The molecule has 0 radical (unpaired) electrons. The largest absolute Gasteiger partial charge is 0.495 e. The number of hydrogen-bond acceptors (Lipinski definition) is 5. The first-order valence-electron chi connectivity index (χ1n) is 13.1. The van der Waals surface area contributed by atoms with E-state index < -0.39 is 6.04 Å². The van der Waals surface area contributed by atoms with Gasteiger partial charge in [0.05, 0.1) is 31.0 Å². The molecule has 0 bridgehead atoms. The Morgan fingerprint density at radius 1 is 1.03 bits per heavy atom. The smallest absolute Gasteiger partial charge is 0.249 e. The van der Waals surface area contributed by atoms with Crippen LogP contribution in [0.15, 0.2) is 67.3 Å². The van der Waals surface area contributed by atoms with Gasteiger partial charge in [-0.25, -0.2) is 9.67 Å². The summed E-state index contributed by atoms with van der Waals surface area (Å²) in [5.74, 6) is 0.655. The van der Waals surface area contributed by atoms with E-state index in [4.69, 9.17) is 4.74 Å². The Balaban J connectivity index is 1.42. The van der Waals surface area contributed by atoms with Crippen LogP contribution >= 0.6 is 0 Å². The number of methoxy groups -OCH3 is 1. The molecule has 1 atom stereocenters. The summed E-state index contributed by atoms with van der Waals surface area (Å²) >= 11 is 0. The second-order valence-electron chi connectivity index (χ2n) is 9.76. The summed E-state index contributed by atoms with van der Waals surface area (Å²) < 4.78 is 9.27. The molecule has 2 aromatic carbocycles. The maximum Gasteiger partial charge on any atom is 0.249 e. The normalized spacial score (nSPS) is 15.5. The molecule has 1 fully saturated rings. The van der Waals surface area contributed by atoms with Gasteiger partial charge in [-0.3, -0.25) is 4.79 Å². The van der Waals surface area contributed by atoms with Crippen molar-refractivity contribution in [3.05, 3.63) is 78.5 Å². The van der Waals surface area contributed by atoms with Crippen LogP contribution in [0.1, 0.15) is 62.2 Å². The molecule has 37 heavy (non-hydrogen) atoms. The van der Waals surface area contributed by atoms with Gasteiger partial charge in [0.2, 0.25) is 5.91 Å². The van der Waals surface area contributed by atoms with Gasteiger partial charge < -0.3 is 14.6 Å². The first-order chi connectivity index (χ1) is 18.1. The van der Waals surface area contributed by atoms with E-state index in [0.717, 1.165) is 48.2 Å². The monoisotopic (exact) mass is 498 g/mol. The molecule has 0 spiro atoms. The van der Waals surface area contributed by atoms with Crippen LogP contribution in [0.2, 0.25) is 0 Å². The van der Waals surface area contributed by atoms with E-state index in [1.807, 2.05) is 72.4 Å². The summed E-state index contributed by atoms with van der Waals surface area (Å²) in [6, 6.07) is 15.3. The van der Waals surface area contributed by atoms with E-state index in [1.54, 1.807) is 18.1 Å². The van der Waals surface area contributed by atoms with Crippen LogP contribution in [-0.2, 0) is 4.79 Å². The molecule has 8 nitrogen and oxygen atoms in total. The lowest BCUT2D eigenvalue weighted by molar-refractivity contribution is -0.124. The van der Waals surface area contributed by atoms with Gasteiger partial charge in [0.1, 0.15) is 11.4 Å². The van der Waals surface area contributed by atoms with Crippen LogP contribution < -0.4 is 10.1 Å². The summed E-state index contributed by atoms with van der Waals surface area (Å²) in [5.41, 5.74) is 4.23. The molecule has 2 aromatic heterocycles. The Labute approximate surface area is 217 Å². The fourth-order valence-corrected chi connectivity index (χ4v) is 5.08. The molecule has 1 N–H and O–H groups in total. The average molecular weight is 499 g/mol. The zero-order chi connectivity index (χ0) is 25.6. The fourth-order valence-electron chi connectivity index (χ4n) is 5.08. The van der Waals surface area contributed by atoms with Crippen molar-refractivity contribution in [2.75, 3.05) is 7.11 Å². The minimum atomic E-state index is -0.594. The molecular weight excluding hydrogens is 464 g/mol. The number of carbonyl (C=O) groups is 1. The van der Waals surface area contributed by atoms with Crippen LogP contribution in [0.25, 0.3) is 16.9 Å². The minimum absolute atomic E-state index is 0.0448. The Morgan fingerprint density at radius 3 is 2.49 bits per heavy atom. The molecule has 1 aliphatic carbocycles. The highest BCUT2D eigenvalue weighted by atomic mass is 16.5. The van der Waals surface area contributed by atoms with E-state index in [1.165, 1.54) is 19.3 Å². The highest BCUT2D eigenvalue weighted by molar-refractivity contribution is 5.84. The van der Waals surface area contributed by atoms with Gasteiger partial charge in [-0.1, -0.05) is 73.7 Å². The van der Waals surface area contributed by atoms with Crippen molar-refractivity contribution in [1.82, 2.24) is 29.9 Å². The average Bonchev–Trinajstić information content (AvgIpc) is 3.55. The van der Waals surface area contributed by atoms with Crippen LogP contribution in [0.5, 0.6) is 5.75 Å². The second-order valence-corrected chi connectivity index (χ2v) is 9.76.